The van der Waals surface area contributed by atoms with Gasteiger partial charge in [0.2, 0.25) is 0 Å². The summed E-state index contributed by atoms with van der Waals surface area (Å²) in [6, 6.07) is 17.3. The Morgan fingerprint density at radius 1 is 1.12 bits per heavy atom. The van der Waals surface area contributed by atoms with Gasteiger partial charge in [-0.1, -0.05) is 36.4 Å². The first kappa shape index (κ1) is 18.4. The number of benzene rings is 2. The van der Waals surface area contributed by atoms with Crippen molar-refractivity contribution < 1.29 is 14.6 Å². The van der Waals surface area contributed by atoms with Crippen molar-refractivity contribution in [2.24, 2.45) is 5.92 Å². The van der Waals surface area contributed by atoms with Crippen molar-refractivity contribution in [1.82, 2.24) is 9.80 Å². The Bertz CT molecular complexity index is 733. The molecule has 1 amide bonds. The molecule has 0 saturated carbocycles. The Kier molecular flexibility index (Phi) is 5.91. The van der Waals surface area contributed by atoms with Gasteiger partial charge in [-0.25, -0.2) is 0 Å². The third-order valence-corrected chi connectivity index (χ3v) is 4.98. The number of para-hydroxylation sites is 1. The SMILES string of the molecule is CN(C)[C@@H]1CN(C(=O)c2ccccc2COc2ccccc2)C[C@H]1CO. The topological polar surface area (TPSA) is 53.0 Å². The molecular weight excluding hydrogens is 328 g/mol. The highest BCUT2D eigenvalue weighted by Crippen LogP contribution is 2.24. The van der Waals surface area contributed by atoms with E-state index in [9.17, 15) is 9.90 Å². The molecule has 2 aromatic carbocycles. The zero-order valence-corrected chi connectivity index (χ0v) is 15.3. The van der Waals surface area contributed by atoms with Crippen molar-refractivity contribution in [1.29, 1.82) is 0 Å². The number of likely N-dealkylation sites (N-methyl/N-ethyl adjacent to an activating group) is 1. The van der Waals surface area contributed by atoms with Gasteiger partial charge in [-0.15, -0.1) is 0 Å². The minimum absolute atomic E-state index is 0.0000571. The molecule has 1 aliphatic heterocycles. The van der Waals surface area contributed by atoms with Gasteiger partial charge in [-0.2, -0.15) is 0 Å². The van der Waals surface area contributed by atoms with E-state index in [1.807, 2.05) is 73.6 Å². The molecule has 138 valence electrons. The maximum Gasteiger partial charge on any atom is 0.254 e. The van der Waals surface area contributed by atoms with Gasteiger partial charge in [0.15, 0.2) is 0 Å². The Labute approximate surface area is 154 Å². The summed E-state index contributed by atoms with van der Waals surface area (Å²) >= 11 is 0. The van der Waals surface area contributed by atoms with Crippen LogP contribution in [-0.2, 0) is 6.61 Å². The lowest BCUT2D eigenvalue weighted by molar-refractivity contribution is 0.0776. The van der Waals surface area contributed by atoms with Crippen molar-refractivity contribution in [3.05, 3.63) is 65.7 Å². The molecule has 5 heteroatoms. The highest BCUT2D eigenvalue weighted by atomic mass is 16.5. The number of hydrogen-bond donors (Lipinski definition) is 1. The molecule has 0 aromatic heterocycles. The van der Waals surface area contributed by atoms with Crippen LogP contribution in [0.4, 0.5) is 0 Å². The molecule has 1 aliphatic rings. The van der Waals surface area contributed by atoms with Gasteiger partial charge in [0.1, 0.15) is 12.4 Å². The van der Waals surface area contributed by atoms with Crippen molar-refractivity contribution in [3.63, 3.8) is 0 Å². The summed E-state index contributed by atoms with van der Waals surface area (Å²) in [6.07, 6.45) is 0. The Hall–Kier alpha value is -2.37. The molecule has 3 rings (SSSR count). The molecule has 1 N–H and O–H groups in total. The zero-order valence-electron chi connectivity index (χ0n) is 15.3. The van der Waals surface area contributed by atoms with E-state index in [1.54, 1.807) is 0 Å². The van der Waals surface area contributed by atoms with Gasteiger partial charge in [0.25, 0.3) is 5.91 Å². The summed E-state index contributed by atoms with van der Waals surface area (Å²) in [4.78, 5) is 17.0. The monoisotopic (exact) mass is 354 g/mol. The van der Waals surface area contributed by atoms with E-state index in [-0.39, 0.29) is 24.5 Å². The van der Waals surface area contributed by atoms with Crippen molar-refractivity contribution in [3.8, 4) is 5.75 Å². The third-order valence-electron chi connectivity index (χ3n) is 4.98. The molecule has 1 saturated heterocycles. The van der Waals surface area contributed by atoms with Gasteiger partial charge in [-0.3, -0.25) is 4.79 Å². The lowest BCUT2D eigenvalue weighted by Crippen LogP contribution is -2.37. The van der Waals surface area contributed by atoms with E-state index in [0.717, 1.165) is 11.3 Å². The second kappa shape index (κ2) is 8.34. The predicted molar refractivity (Wildman–Crippen MR) is 101 cm³/mol. The minimum atomic E-state index is 0.0000571. The number of ether oxygens (including phenoxy) is 1. The smallest absolute Gasteiger partial charge is 0.254 e. The number of hydrogen-bond acceptors (Lipinski definition) is 4. The van der Waals surface area contributed by atoms with E-state index in [2.05, 4.69) is 4.90 Å². The Morgan fingerprint density at radius 3 is 2.46 bits per heavy atom. The maximum atomic E-state index is 13.1. The summed E-state index contributed by atoms with van der Waals surface area (Å²) in [5.74, 6) is 0.866. The summed E-state index contributed by atoms with van der Waals surface area (Å²) < 4.78 is 5.83. The molecule has 2 atom stereocenters. The molecule has 1 fully saturated rings. The van der Waals surface area contributed by atoms with E-state index < -0.39 is 0 Å². The van der Waals surface area contributed by atoms with Crippen LogP contribution in [0.1, 0.15) is 15.9 Å². The molecule has 0 aliphatic carbocycles. The van der Waals surface area contributed by atoms with Gasteiger partial charge in [0, 0.05) is 42.8 Å². The van der Waals surface area contributed by atoms with Crippen LogP contribution >= 0.6 is 0 Å². The molecule has 0 bridgehead atoms. The first-order valence-corrected chi connectivity index (χ1v) is 8.92. The standard InChI is InChI=1S/C21H26N2O3/c1-22(2)20-13-23(12-17(20)14-24)21(25)19-11-7-6-8-16(19)15-26-18-9-4-3-5-10-18/h3-11,17,20,24H,12-15H2,1-2H3/t17-,20+/m0/s1. The number of nitrogens with zero attached hydrogens (tertiary/aromatic N) is 2. The minimum Gasteiger partial charge on any atom is -0.489 e. The van der Waals surface area contributed by atoms with Crippen molar-refractivity contribution in [2.45, 2.75) is 12.6 Å². The summed E-state index contributed by atoms with van der Waals surface area (Å²) in [5, 5.41) is 9.64. The number of rotatable bonds is 6. The van der Waals surface area contributed by atoms with E-state index in [4.69, 9.17) is 4.74 Å². The summed E-state index contributed by atoms with van der Waals surface area (Å²) in [7, 11) is 3.98. The normalized spacial score (nSPS) is 19.8. The molecule has 2 aromatic rings. The fourth-order valence-corrected chi connectivity index (χ4v) is 3.49. The first-order chi connectivity index (χ1) is 12.6. The van der Waals surface area contributed by atoms with Gasteiger partial charge in [0.05, 0.1) is 0 Å². The summed E-state index contributed by atoms with van der Waals surface area (Å²) in [6.45, 7) is 1.64. The number of likely N-dealkylation sites (tertiary alicyclic amines) is 1. The largest absolute Gasteiger partial charge is 0.489 e. The highest BCUT2D eigenvalue weighted by molar-refractivity contribution is 5.96. The molecular formula is C21H26N2O3. The fraction of sp³-hybridized carbons (Fsp3) is 0.381. The van der Waals surface area contributed by atoms with Gasteiger partial charge < -0.3 is 19.6 Å². The van der Waals surface area contributed by atoms with Crippen LogP contribution < -0.4 is 4.74 Å². The van der Waals surface area contributed by atoms with Gasteiger partial charge in [-0.05, 0) is 32.3 Å². The molecule has 0 spiro atoms. The van der Waals surface area contributed by atoms with E-state index in [1.165, 1.54) is 0 Å². The van der Waals surface area contributed by atoms with E-state index in [0.29, 0.717) is 25.3 Å². The highest BCUT2D eigenvalue weighted by Gasteiger charge is 2.36. The average molecular weight is 354 g/mol. The van der Waals surface area contributed by atoms with Crippen LogP contribution in [0.5, 0.6) is 5.75 Å². The number of aliphatic hydroxyl groups excluding tert-OH is 1. The molecule has 26 heavy (non-hydrogen) atoms. The number of amides is 1. The van der Waals surface area contributed by atoms with Crippen molar-refractivity contribution in [2.75, 3.05) is 33.8 Å². The number of aliphatic hydroxyl groups is 1. The van der Waals surface area contributed by atoms with Crippen LogP contribution in [-0.4, -0.2) is 60.6 Å². The number of carbonyl (C=O) groups excluding carboxylic acids is 1. The van der Waals surface area contributed by atoms with E-state index >= 15 is 0 Å². The second-order valence-electron chi connectivity index (χ2n) is 6.94. The number of carbonyl (C=O) groups is 1. The maximum absolute atomic E-state index is 13.1. The molecule has 0 radical (unpaired) electrons. The fourth-order valence-electron chi connectivity index (χ4n) is 3.49. The summed E-state index contributed by atoms with van der Waals surface area (Å²) in [5.41, 5.74) is 1.54. The van der Waals surface area contributed by atoms with Crippen LogP contribution in [0, 0.1) is 5.92 Å². The third kappa shape index (κ3) is 4.06. The van der Waals surface area contributed by atoms with Crippen LogP contribution in [0.15, 0.2) is 54.6 Å². The lowest BCUT2D eigenvalue weighted by Gasteiger charge is -2.23. The van der Waals surface area contributed by atoms with Gasteiger partial charge >= 0.3 is 0 Å². The average Bonchev–Trinajstić information content (AvgIpc) is 3.12. The molecule has 5 nitrogen and oxygen atoms in total. The Morgan fingerprint density at radius 2 is 1.81 bits per heavy atom. The molecule has 0 unspecified atom stereocenters. The Balaban J connectivity index is 1.74. The second-order valence-corrected chi connectivity index (χ2v) is 6.94. The first-order valence-electron chi connectivity index (χ1n) is 8.92. The van der Waals surface area contributed by atoms with Crippen LogP contribution in [0.2, 0.25) is 0 Å². The van der Waals surface area contributed by atoms with Crippen molar-refractivity contribution >= 4 is 5.91 Å². The molecule has 1 heterocycles. The predicted octanol–water partition coefficient (Wildman–Crippen LogP) is 2.26. The zero-order chi connectivity index (χ0) is 18.5. The lowest BCUT2D eigenvalue weighted by atomic mass is 10.0. The van der Waals surface area contributed by atoms with Crippen LogP contribution in [0.3, 0.4) is 0 Å². The van der Waals surface area contributed by atoms with Crippen LogP contribution in [0.25, 0.3) is 0 Å². The quantitative estimate of drug-likeness (QED) is 0.865.